The van der Waals surface area contributed by atoms with Crippen LogP contribution in [-0.2, 0) is 25.8 Å². The maximum absolute atomic E-state index is 12.6. The van der Waals surface area contributed by atoms with Gasteiger partial charge in [-0.15, -0.1) is 11.3 Å². The number of benzene rings is 1. The third kappa shape index (κ3) is 6.71. The van der Waals surface area contributed by atoms with Gasteiger partial charge in [-0.25, -0.2) is 4.98 Å². The van der Waals surface area contributed by atoms with Crippen molar-refractivity contribution in [2.45, 2.75) is 45.1 Å². The summed E-state index contributed by atoms with van der Waals surface area (Å²) in [6.45, 7) is 4.11. The van der Waals surface area contributed by atoms with Crippen LogP contribution in [0.2, 0.25) is 0 Å². The fourth-order valence-electron chi connectivity index (χ4n) is 3.23. The summed E-state index contributed by atoms with van der Waals surface area (Å²) >= 11 is 0.979. The van der Waals surface area contributed by atoms with Crippen molar-refractivity contribution in [3.05, 3.63) is 51.5 Å². The number of nitrogens with zero attached hydrogens (tertiary/aromatic N) is 3. The topological polar surface area (TPSA) is 52.6 Å². The molecule has 158 valence electrons. The van der Waals surface area contributed by atoms with Crippen LogP contribution in [0.4, 0.5) is 13.2 Å². The summed E-state index contributed by atoms with van der Waals surface area (Å²) < 4.78 is 37.9. The molecule has 0 spiro atoms. The molecule has 2 aromatic rings. The van der Waals surface area contributed by atoms with Crippen molar-refractivity contribution in [3.63, 3.8) is 0 Å². The number of alkyl halides is 3. The van der Waals surface area contributed by atoms with E-state index in [1.54, 1.807) is 7.05 Å². The van der Waals surface area contributed by atoms with Crippen LogP contribution in [0.3, 0.4) is 0 Å². The number of piperidine rings is 1. The van der Waals surface area contributed by atoms with E-state index in [-0.39, 0.29) is 6.54 Å². The fraction of sp³-hybridized carbons (Fsp3) is 0.500. The summed E-state index contributed by atoms with van der Waals surface area (Å²) in [6.07, 6.45) is -0.503. The number of thiazole rings is 1. The minimum atomic E-state index is -4.41. The van der Waals surface area contributed by atoms with E-state index in [0.29, 0.717) is 17.5 Å². The highest BCUT2D eigenvalue weighted by Gasteiger charge is 2.33. The predicted molar refractivity (Wildman–Crippen MR) is 110 cm³/mol. The van der Waals surface area contributed by atoms with Gasteiger partial charge < -0.3 is 10.6 Å². The van der Waals surface area contributed by atoms with Gasteiger partial charge in [0, 0.05) is 25.5 Å². The number of likely N-dealkylation sites (tertiary alicyclic amines) is 1. The van der Waals surface area contributed by atoms with Gasteiger partial charge >= 0.3 is 6.18 Å². The molecule has 0 radical (unpaired) electrons. The quantitative estimate of drug-likeness (QED) is 0.542. The smallest absolute Gasteiger partial charge is 0.352 e. The van der Waals surface area contributed by atoms with Gasteiger partial charge in [0.05, 0.1) is 6.54 Å². The Morgan fingerprint density at radius 1 is 1.07 bits per heavy atom. The van der Waals surface area contributed by atoms with Crippen LogP contribution in [0.5, 0.6) is 0 Å². The number of nitrogens with one attached hydrogen (secondary N) is 2. The van der Waals surface area contributed by atoms with Gasteiger partial charge in [-0.3, -0.25) is 9.89 Å². The van der Waals surface area contributed by atoms with Gasteiger partial charge in [0.1, 0.15) is 5.01 Å². The summed E-state index contributed by atoms with van der Waals surface area (Å²) in [6, 6.07) is 8.48. The van der Waals surface area contributed by atoms with Crippen LogP contribution in [0.25, 0.3) is 0 Å². The van der Waals surface area contributed by atoms with Gasteiger partial charge in [0.15, 0.2) is 11.7 Å². The Morgan fingerprint density at radius 3 is 2.34 bits per heavy atom. The number of rotatable bonds is 6. The van der Waals surface area contributed by atoms with Crippen molar-refractivity contribution < 1.29 is 13.2 Å². The molecule has 0 aliphatic carbocycles. The lowest BCUT2D eigenvalue weighted by Gasteiger charge is -2.26. The van der Waals surface area contributed by atoms with Crippen molar-refractivity contribution in [2.24, 2.45) is 4.99 Å². The van der Waals surface area contributed by atoms with Crippen molar-refractivity contribution >= 4 is 17.3 Å². The highest BCUT2D eigenvalue weighted by Crippen LogP contribution is 2.29. The molecule has 0 atom stereocenters. The monoisotopic (exact) mass is 425 g/mol. The Hall–Kier alpha value is -2.13. The first-order valence-electron chi connectivity index (χ1n) is 9.70. The lowest BCUT2D eigenvalue weighted by molar-refractivity contribution is -0.140. The third-order valence-electron chi connectivity index (χ3n) is 4.81. The minimum absolute atomic E-state index is 0.190. The number of guanidine groups is 1. The second-order valence-electron chi connectivity index (χ2n) is 7.06. The van der Waals surface area contributed by atoms with Gasteiger partial charge in [-0.1, -0.05) is 30.7 Å². The second-order valence-corrected chi connectivity index (χ2v) is 8.00. The lowest BCUT2D eigenvalue weighted by Crippen LogP contribution is -2.36. The van der Waals surface area contributed by atoms with E-state index >= 15 is 0 Å². The highest BCUT2D eigenvalue weighted by molar-refractivity contribution is 7.09. The first-order valence-corrected chi connectivity index (χ1v) is 10.6. The molecule has 1 aliphatic rings. The first kappa shape index (κ1) is 21.6. The van der Waals surface area contributed by atoms with Gasteiger partial charge in [0.25, 0.3) is 0 Å². The molecule has 0 unspecified atom stereocenters. The number of aromatic nitrogens is 1. The Labute approximate surface area is 173 Å². The summed E-state index contributed by atoms with van der Waals surface area (Å²) in [5, 5.41) is 7.57. The Bertz CT molecular complexity index is 795. The number of aliphatic imine (C=N–C) groups is 1. The van der Waals surface area contributed by atoms with Crippen LogP contribution in [0.15, 0.2) is 34.6 Å². The molecule has 0 saturated carbocycles. The Morgan fingerprint density at radius 2 is 1.72 bits per heavy atom. The largest absolute Gasteiger partial charge is 0.434 e. The maximum atomic E-state index is 12.6. The normalized spacial score (nSPS) is 16.1. The van der Waals surface area contributed by atoms with E-state index in [9.17, 15) is 13.2 Å². The summed E-state index contributed by atoms with van der Waals surface area (Å²) in [4.78, 5) is 10.2. The Balaban J connectivity index is 1.44. The zero-order chi connectivity index (χ0) is 20.7. The van der Waals surface area contributed by atoms with E-state index in [0.717, 1.165) is 28.8 Å². The van der Waals surface area contributed by atoms with Crippen molar-refractivity contribution in [1.82, 2.24) is 20.5 Å². The molecule has 29 heavy (non-hydrogen) atoms. The third-order valence-corrected chi connectivity index (χ3v) is 5.66. The second kappa shape index (κ2) is 10.1. The van der Waals surface area contributed by atoms with E-state index in [1.807, 2.05) is 0 Å². The van der Waals surface area contributed by atoms with Crippen molar-refractivity contribution in [3.8, 4) is 0 Å². The molecule has 3 rings (SSSR count). The average Bonchev–Trinajstić information content (AvgIpc) is 3.20. The first-order chi connectivity index (χ1) is 13.9. The molecule has 1 aliphatic heterocycles. The fourth-order valence-corrected chi connectivity index (χ4v) is 3.97. The predicted octanol–water partition coefficient (Wildman–Crippen LogP) is 4.01. The van der Waals surface area contributed by atoms with Gasteiger partial charge in [0.2, 0.25) is 0 Å². The molecule has 1 fully saturated rings. The van der Waals surface area contributed by atoms with Gasteiger partial charge in [-0.05, 0) is 37.1 Å². The molecular formula is C20H26F3N5S. The Kier molecular flexibility index (Phi) is 7.49. The number of hydrogen-bond donors (Lipinski definition) is 2. The molecule has 2 heterocycles. The molecule has 1 aromatic heterocycles. The van der Waals surface area contributed by atoms with Crippen LogP contribution < -0.4 is 10.6 Å². The van der Waals surface area contributed by atoms with E-state index in [2.05, 4.69) is 49.8 Å². The van der Waals surface area contributed by atoms with Crippen molar-refractivity contribution in [2.75, 3.05) is 20.1 Å². The van der Waals surface area contributed by atoms with E-state index in [1.165, 1.54) is 37.9 Å². The molecule has 1 aromatic carbocycles. The molecule has 0 amide bonds. The van der Waals surface area contributed by atoms with Crippen LogP contribution >= 0.6 is 11.3 Å². The summed E-state index contributed by atoms with van der Waals surface area (Å²) in [5.74, 6) is 0.520. The van der Waals surface area contributed by atoms with Crippen molar-refractivity contribution in [1.29, 1.82) is 0 Å². The van der Waals surface area contributed by atoms with Crippen LogP contribution in [-0.4, -0.2) is 36.0 Å². The molecular weight excluding hydrogens is 399 g/mol. The SMILES string of the molecule is CN=C(NCc1ccc(CN2CCCCC2)cc1)NCc1nc(C(F)(F)F)cs1. The standard InChI is InChI=1S/C20H26F3N5S/c1-24-19(26-12-18-27-17(14-29-18)20(21,22)23)25-11-15-5-7-16(8-6-15)13-28-9-3-2-4-10-28/h5-8,14H,2-4,9-13H2,1H3,(H2,24,25,26). The lowest BCUT2D eigenvalue weighted by atomic mass is 10.1. The summed E-state index contributed by atoms with van der Waals surface area (Å²) in [7, 11) is 1.63. The summed E-state index contributed by atoms with van der Waals surface area (Å²) in [5.41, 5.74) is 1.57. The van der Waals surface area contributed by atoms with E-state index in [4.69, 9.17) is 0 Å². The van der Waals surface area contributed by atoms with Gasteiger partial charge in [-0.2, -0.15) is 13.2 Å². The number of halogens is 3. The zero-order valence-electron chi connectivity index (χ0n) is 16.4. The van der Waals surface area contributed by atoms with Crippen LogP contribution in [0.1, 0.15) is 41.1 Å². The minimum Gasteiger partial charge on any atom is -0.352 e. The van der Waals surface area contributed by atoms with Crippen LogP contribution in [0, 0.1) is 0 Å². The maximum Gasteiger partial charge on any atom is 0.434 e. The molecule has 1 saturated heterocycles. The highest BCUT2D eigenvalue weighted by atomic mass is 32.1. The van der Waals surface area contributed by atoms with E-state index < -0.39 is 11.9 Å². The molecule has 5 nitrogen and oxygen atoms in total. The molecule has 9 heteroatoms. The number of hydrogen-bond acceptors (Lipinski definition) is 4. The average molecular weight is 426 g/mol. The molecule has 0 bridgehead atoms. The molecule has 2 N–H and O–H groups in total. The zero-order valence-corrected chi connectivity index (χ0v) is 17.2.